The second-order valence-electron chi connectivity index (χ2n) is 3.61. The zero-order valence-electron chi connectivity index (χ0n) is 9.07. The molecule has 0 aliphatic heterocycles. The summed E-state index contributed by atoms with van der Waals surface area (Å²) >= 11 is 0. The van der Waals surface area contributed by atoms with Gasteiger partial charge < -0.3 is 9.88 Å². The molecule has 3 heteroatoms. The highest BCUT2D eigenvalue weighted by molar-refractivity contribution is 5.40. The molecule has 2 aromatic rings. The molecule has 0 atom stereocenters. The van der Waals surface area contributed by atoms with Gasteiger partial charge in [-0.15, -0.1) is 0 Å². The van der Waals surface area contributed by atoms with Crippen LogP contribution in [0.1, 0.15) is 11.1 Å². The first-order valence-corrected chi connectivity index (χ1v) is 5.03. The first-order chi connectivity index (χ1) is 7.31. The van der Waals surface area contributed by atoms with E-state index in [4.69, 9.17) is 0 Å². The molecule has 0 aliphatic carbocycles. The van der Waals surface area contributed by atoms with Gasteiger partial charge in [0.1, 0.15) is 0 Å². The normalized spacial score (nSPS) is 10.5. The van der Waals surface area contributed by atoms with Gasteiger partial charge in [0.15, 0.2) is 0 Å². The molecule has 0 unspecified atom stereocenters. The molecule has 15 heavy (non-hydrogen) atoms. The van der Waals surface area contributed by atoms with Crippen LogP contribution in [-0.2, 0) is 6.54 Å². The largest absolute Gasteiger partial charge is 0.316 e. The Morgan fingerprint density at radius 2 is 2.27 bits per heavy atom. The summed E-state index contributed by atoms with van der Waals surface area (Å²) in [7, 11) is 1.96. The van der Waals surface area contributed by atoms with Gasteiger partial charge in [-0.2, -0.15) is 0 Å². The number of benzene rings is 1. The number of nitrogens with one attached hydrogen (secondary N) is 1. The van der Waals surface area contributed by atoms with Crippen molar-refractivity contribution < 1.29 is 0 Å². The smallest absolute Gasteiger partial charge is 0.0991 e. The Balaban J connectivity index is 2.33. The van der Waals surface area contributed by atoms with Crippen molar-refractivity contribution >= 4 is 0 Å². The zero-order chi connectivity index (χ0) is 10.7. The van der Waals surface area contributed by atoms with Gasteiger partial charge in [-0.25, -0.2) is 4.98 Å². The van der Waals surface area contributed by atoms with Gasteiger partial charge in [0, 0.05) is 24.6 Å². The molecule has 0 aliphatic rings. The van der Waals surface area contributed by atoms with Gasteiger partial charge in [0.25, 0.3) is 0 Å². The van der Waals surface area contributed by atoms with Crippen molar-refractivity contribution in [1.29, 1.82) is 0 Å². The molecular weight excluding hydrogens is 186 g/mol. The van der Waals surface area contributed by atoms with E-state index in [1.54, 1.807) is 6.20 Å². The predicted octanol–water partition coefficient (Wildman–Crippen LogP) is 1.90. The third-order valence-electron chi connectivity index (χ3n) is 2.50. The van der Waals surface area contributed by atoms with Crippen molar-refractivity contribution in [2.24, 2.45) is 0 Å². The van der Waals surface area contributed by atoms with Crippen molar-refractivity contribution in [2.75, 3.05) is 7.05 Å². The minimum Gasteiger partial charge on any atom is -0.316 e. The lowest BCUT2D eigenvalue weighted by atomic mass is 10.1. The fourth-order valence-electron chi connectivity index (χ4n) is 1.64. The van der Waals surface area contributed by atoms with Gasteiger partial charge in [-0.05, 0) is 37.2 Å². The van der Waals surface area contributed by atoms with E-state index in [-0.39, 0.29) is 0 Å². The molecule has 1 heterocycles. The number of hydrogen-bond acceptors (Lipinski definition) is 2. The SMILES string of the molecule is CNCc1ccc(-n2ccnc2)cc1C. The number of nitrogens with zero attached hydrogens (tertiary/aromatic N) is 2. The molecule has 0 fully saturated rings. The Morgan fingerprint density at radius 3 is 2.87 bits per heavy atom. The lowest BCUT2D eigenvalue weighted by Crippen LogP contribution is -2.06. The topological polar surface area (TPSA) is 29.9 Å². The Hall–Kier alpha value is -1.61. The summed E-state index contributed by atoms with van der Waals surface area (Å²) in [5, 5.41) is 3.16. The fraction of sp³-hybridized carbons (Fsp3) is 0.250. The Labute approximate surface area is 89.8 Å². The quantitative estimate of drug-likeness (QED) is 0.822. The molecule has 1 aromatic carbocycles. The van der Waals surface area contributed by atoms with Crippen LogP contribution in [0.3, 0.4) is 0 Å². The lowest BCUT2D eigenvalue weighted by Gasteiger charge is -2.08. The molecule has 1 N–H and O–H groups in total. The highest BCUT2D eigenvalue weighted by Gasteiger charge is 2.00. The van der Waals surface area contributed by atoms with Gasteiger partial charge in [-0.1, -0.05) is 6.07 Å². The van der Waals surface area contributed by atoms with E-state index in [1.807, 2.05) is 24.1 Å². The van der Waals surface area contributed by atoms with E-state index in [0.717, 1.165) is 12.2 Å². The standard InChI is InChI=1S/C12H15N3/c1-10-7-12(15-6-5-14-9-15)4-3-11(10)8-13-2/h3-7,9,13H,8H2,1-2H3. The van der Waals surface area contributed by atoms with E-state index in [1.165, 1.54) is 11.1 Å². The average Bonchev–Trinajstić information content (AvgIpc) is 2.74. The summed E-state index contributed by atoms with van der Waals surface area (Å²) in [5.41, 5.74) is 3.79. The van der Waals surface area contributed by atoms with Crippen LogP contribution in [-0.4, -0.2) is 16.6 Å². The number of aromatic nitrogens is 2. The van der Waals surface area contributed by atoms with Gasteiger partial charge >= 0.3 is 0 Å². The molecule has 0 saturated heterocycles. The van der Waals surface area contributed by atoms with Crippen LogP contribution in [0, 0.1) is 6.92 Å². The van der Waals surface area contributed by atoms with Crippen molar-refractivity contribution in [1.82, 2.24) is 14.9 Å². The highest BCUT2D eigenvalue weighted by Crippen LogP contribution is 2.14. The highest BCUT2D eigenvalue weighted by atomic mass is 15.0. The van der Waals surface area contributed by atoms with E-state index < -0.39 is 0 Å². The fourth-order valence-corrected chi connectivity index (χ4v) is 1.64. The van der Waals surface area contributed by atoms with E-state index in [0.29, 0.717) is 0 Å². The summed E-state index contributed by atoms with van der Waals surface area (Å²) in [6.07, 6.45) is 5.55. The maximum atomic E-state index is 4.04. The first kappa shape index (κ1) is 9.93. The van der Waals surface area contributed by atoms with Crippen LogP contribution in [0.4, 0.5) is 0 Å². The summed E-state index contributed by atoms with van der Waals surface area (Å²) in [6, 6.07) is 6.44. The number of rotatable bonds is 3. The summed E-state index contributed by atoms with van der Waals surface area (Å²) in [6.45, 7) is 3.04. The van der Waals surface area contributed by atoms with E-state index >= 15 is 0 Å². The van der Waals surface area contributed by atoms with Crippen molar-refractivity contribution in [3.05, 3.63) is 48.0 Å². The lowest BCUT2D eigenvalue weighted by molar-refractivity contribution is 0.811. The molecule has 1 aromatic heterocycles. The Kier molecular flexibility index (Phi) is 2.83. The molecule has 0 amide bonds. The molecule has 0 spiro atoms. The second-order valence-corrected chi connectivity index (χ2v) is 3.61. The monoisotopic (exact) mass is 201 g/mol. The molecule has 78 valence electrons. The van der Waals surface area contributed by atoms with Crippen LogP contribution in [0.5, 0.6) is 0 Å². The second kappa shape index (κ2) is 4.28. The summed E-state index contributed by atoms with van der Waals surface area (Å²) < 4.78 is 2.01. The molecular formula is C12H15N3. The Morgan fingerprint density at radius 1 is 1.40 bits per heavy atom. The summed E-state index contributed by atoms with van der Waals surface area (Å²) in [4.78, 5) is 4.04. The number of aryl methyl sites for hydroxylation is 1. The number of hydrogen-bond donors (Lipinski definition) is 1. The van der Waals surface area contributed by atoms with Crippen LogP contribution < -0.4 is 5.32 Å². The predicted molar refractivity (Wildman–Crippen MR) is 61.1 cm³/mol. The van der Waals surface area contributed by atoms with Crippen LogP contribution >= 0.6 is 0 Å². The third-order valence-corrected chi connectivity index (χ3v) is 2.50. The van der Waals surface area contributed by atoms with E-state index in [9.17, 15) is 0 Å². The van der Waals surface area contributed by atoms with Crippen molar-refractivity contribution in [3.8, 4) is 5.69 Å². The number of imidazole rings is 1. The Bertz CT molecular complexity index is 432. The molecule has 0 bridgehead atoms. The van der Waals surface area contributed by atoms with Gasteiger partial charge in [0.2, 0.25) is 0 Å². The minimum atomic E-state index is 0.913. The van der Waals surface area contributed by atoms with Crippen LogP contribution in [0.2, 0.25) is 0 Å². The van der Waals surface area contributed by atoms with Crippen molar-refractivity contribution in [3.63, 3.8) is 0 Å². The minimum absolute atomic E-state index is 0.913. The third kappa shape index (κ3) is 2.07. The molecule has 0 radical (unpaired) electrons. The average molecular weight is 201 g/mol. The molecule has 0 saturated carbocycles. The molecule has 2 rings (SSSR count). The maximum Gasteiger partial charge on any atom is 0.0991 e. The van der Waals surface area contributed by atoms with Crippen molar-refractivity contribution in [2.45, 2.75) is 13.5 Å². The maximum absolute atomic E-state index is 4.04. The summed E-state index contributed by atoms with van der Waals surface area (Å²) in [5.74, 6) is 0. The molecule has 3 nitrogen and oxygen atoms in total. The van der Waals surface area contributed by atoms with E-state index in [2.05, 4.69) is 35.4 Å². The van der Waals surface area contributed by atoms with Gasteiger partial charge in [0.05, 0.1) is 6.33 Å². The first-order valence-electron chi connectivity index (χ1n) is 5.03. The zero-order valence-corrected chi connectivity index (χ0v) is 9.07. The van der Waals surface area contributed by atoms with Crippen LogP contribution in [0.25, 0.3) is 5.69 Å². The van der Waals surface area contributed by atoms with Crippen LogP contribution in [0.15, 0.2) is 36.9 Å². The van der Waals surface area contributed by atoms with Gasteiger partial charge in [-0.3, -0.25) is 0 Å².